The van der Waals surface area contributed by atoms with Crippen LogP contribution in [0.25, 0.3) is 0 Å². The second-order valence-corrected chi connectivity index (χ2v) is 5.05. The summed E-state index contributed by atoms with van der Waals surface area (Å²) in [6, 6.07) is 6.44. The molecule has 0 amide bonds. The second kappa shape index (κ2) is 7.89. The maximum Gasteiger partial charge on any atom is 0.573 e. The number of ether oxygens (including phenoxy) is 1. The first kappa shape index (κ1) is 18.9. The summed E-state index contributed by atoms with van der Waals surface area (Å²) >= 11 is 0. The normalized spacial score (nSPS) is 20.9. The number of nitrogens with zero attached hydrogens (tertiary/aromatic N) is 1. The zero-order valence-corrected chi connectivity index (χ0v) is 14.6. The van der Waals surface area contributed by atoms with Crippen LogP contribution in [0.3, 0.4) is 0 Å². The molecule has 0 saturated heterocycles. The molecule has 2 atom stereocenters. The van der Waals surface area contributed by atoms with E-state index in [-0.39, 0.29) is 36.3 Å². The molecule has 0 aromatic heterocycles. The maximum absolute atomic E-state index is 12.3. The van der Waals surface area contributed by atoms with Gasteiger partial charge in [-0.15, -0.1) is 37.1 Å². The van der Waals surface area contributed by atoms with Crippen LogP contribution in [0.1, 0.15) is 18.9 Å². The van der Waals surface area contributed by atoms with E-state index in [0.717, 1.165) is 6.42 Å². The van der Waals surface area contributed by atoms with Crippen molar-refractivity contribution in [3.05, 3.63) is 29.8 Å². The molecule has 2 N–H and O–H groups in total. The number of nitrogens with one attached hydrogen (secondary N) is 2. The summed E-state index contributed by atoms with van der Waals surface area (Å²) in [6.45, 7) is 2.32. The molecule has 2 unspecified atom stereocenters. The fourth-order valence-corrected chi connectivity index (χ4v) is 1.95. The summed E-state index contributed by atoms with van der Waals surface area (Å²) in [5, 5.41) is 6.20. The van der Waals surface area contributed by atoms with Gasteiger partial charge in [0, 0.05) is 25.2 Å². The summed E-state index contributed by atoms with van der Waals surface area (Å²) < 4.78 is 41.0. The minimum absolute atomic E-state index is 0. The van der Waals surface area contributed by atoms with E-state index in [9.17, 15) is 13.2 Å². The Bertz CT molecular complexity index is 522. The molecule has 2 rings (SSSR count). The number of benzene rings is 1. The molecule has 1 aliphatic rings. The molecular weight excluding hydrogens is 410 g/mol. The zero-order valence-electron chi connectivity index (χ0n) is 12.3. The maximum atomic E-state index is 12.3. The van der Waals surface area contributed by atoms with Gasteiger partial charge in [0.05, 0.1) is 0 Å². The molecule has 124 valence electrons. The molecular formula is C14H19F3IN3O. The van der Waals surface area contributed by atoms with Crippen LogP contribution in [0.2, 0.25) is 0 Å². The fraction of sp³-hybridized carbons (Fsp3) is 0.500. The Morgan fingerprint density at radius 1 is 1.36 bits per heavy atom. The van der Waals surface area contributed by atoms with Gasteiger partial charge in [0.2, 0.25) is 0 Å². The average Bonchev–Trinajstić information content (AvgIpc) is 3.09. The van der Waals surface area contributed by atoms with Crippen LogP contribution >= 0.6 is 24.0 Å². The van der Waals surface area contributed by atoms with Crippen LogP contribution in [-0.2, 0) is 6.54 Å². The molecule has 8 heteroatoms. The first-order valence-corrected chi connectivity index (χ1v) is 6.70. The Labute approximate surface area is 144 Å². The highest BCUT2D eigenvalue weighted by atomic mass is 127. The van der Waals surface area contributed by atoms with E-state index in [2.05, 4.69) is 27.3 Å². The van der Waals surface area contributed by atoms with E-state index in [0.29, 0.717) is 23.5 Å². The first-order valence-electron chi connectivity index (χ1n) is 6.70. The number of halogens is 4. The third-order valence-corrected chi connectivity index (χ3v) is 3.30. The predicted octanol–water partition coefficient (Wildman–Crippen LogP) is 3.28. The second-order valence-electron chi connectivity index (χ2n) is 5.05. The van der Waals surface area contributed by atoms with Crippen LogP contribution in [0.4, 0.5) is 13.2 Å². The zero-order chi connectivity index (χ0) is 15.5. The van der Waals surface area contributed by atoms with Crippen LogP contribution < -0.4 is 15.4 Å². The van der Waals surface area contributed by atoms with Gasteiger partial charge in [0.25, 0.3) is 0 Å². The minimum Gasteiger partial charge on any atom is -0.405 e. The quantitative estimate of drug-likeness (QED) is 0.439. The predicted molar refractivity (Wildman–Crippen MR) is 89.4 cm³/mol. The Balaban J connectivity index is 0.00000242. The van der Waals surface area contributed by atoms with Gasteiger partial charge in [-0.3, -0.25) is 4.99 Å². The molecule has 1 saturated carbocycles. The van der Waals surface area contributed by atoms with Gasteiger partial charge >= 0.3 is 6.36 Å². The van der Waals surface area contributed by atoms with Crippen molar-refractivity contribution in [2.45, 2.75) is 32.3 Å². The average molecular weight is 429 g/mol. The van der Waals surface area contributed by atoms with Gasteiger partial charge in [-0.1, -0.05) is 25.1 Å². The first-order chi connectivity index (χ1) is 9.89. The van der Waals surface area contributed by atoms with Crippen molar-refractivity contribution in [3.8, 4) is 5.75 Å². The van der Waals surface area contributed by atoms with E-state index < -0.39 is 6.36 Å². The number of alkyl halides is 3. The number of aliphatic imine (C=N–C) groups is 1. The van der Waals surface area contributed by atoms with Crippen molar-refractivity contribution >= 4 is 29.9 Å². The minimum atomic E-state index is -4.69. The van der Waals surface area contributed by atoms with E-state index in [1.807, 2.05) is 0 Å². The highest BCUT2D eigenvalue weighted by Gasteiger charge is 2.33. The molecule has 0 spiro atoms. The van der Waals surface area contributed by atoms with Crippen molar-refractivity contribution in [1.82, 2.24) is 10.6 Å². The highest BCUT2D eigenvalue weighted by Crippen LogP contribution is 2.29. The summed E-state index contributed by atoms with van der Waals surface area (Å²) in [5.41, 5.74) is 0.418. The monoisotopic (exact) mass is 429 g/mol. The number of hydrogen-bond donors (Lipinski definition) is 2. The van der Waals surface area contributed by atoms with Gasteiger partial charge in [0.1, 0.15) is 5.75 Å². The van der Waals surface area contributed by atoms with Crippen LogP contribution in [-0.4, -0.2) is 25.4 Å². The Hall–Kier alpha value is -1.19. The van der Waals surface area contributed by atoms with Crippen molar-refractivity contribution in [2.75, 3.05) is 7.05 Å². The molecule has 0 heterocycles. The SMILES string of the molecule is CN=C(NCc1ccccc1OC(F)(F)F)NC1CC1C.I. The van der Waals surface area contributed by atoms with Crippen molar-refractivity contribution in [3.63, 3.8) is 0 Å². The van der Waals surface area contributed by atoms with Crippen LogP contribution in [0, 0.1) is 5.92 Å². The lowest BCUT2D eigenvalue weighted by molar-refractivity contribution is -0.274. The number of hydrogen-bond acceptors (Lipinski definition) is 2. The molecule has 22 heavy (non-hydrogen) atoms. The Morgan fingerprint density at radius 2 is 2.00 bits per heavy atom. The summed E-state index contributed by atoms with van der Waals surface area (Å²) in [5.74, 6) is 0.975. The summed E-state index contributed by atoms with van der Waals surface area (Å²) in [6.07, 6.45) is -3.62. The van der Waals surface area contributed by atoms with Gasteiger partial charge in [0.15, 0.2) is 5.96 Å². The topological polar surface area (TPSA) is 45.7 Å². The van der Waals surface area contributed by atoms with Gasteiger partial charge in [-0.2, -0.15) is 0 Å². The number of para-hydroxylation sites is 1. The van der Waals surface area contributed by atoms with E-state index in [1.165, 1.54) is 12.1 Å². The highest BCUT2D eigenvalue weighted by molar-refractivity contribution is 14.0. The van der Waals surface area contributed by atoms with Gasteiger partial charge < -0.3 is 15.4 Å². The molecule has 1 aliphatic carbocycles. The van der Waals surface area contributed by atoms with Gasteiger partial charge in [-0.25, -0.2) is 0 Å². The number of guanidine groups is 1. The lowest BCUT2D eigenvalue weighted by atomic mass is 10.2. The van der Waals surface area contributed by atoms with Crippen molar-refractivity contribution in [2.24, 2.45) is 10.9 Å². The lowest BCUT2D eigenvalue weighted by Gasteiger charge is -2.15. The molecule has 1 aromatic rings. The molecule has 4 nitrogen and oxygen atoms in total. The summed E-state index contributed by atoms with van der Waals surface area (Å²) in [7, 11) is 1.63. The third kappa shape index (κ3) is 5.90. The van der Waals surface area contributed by atoms with E-state index >= 15 is 0 Å². The molecule has 1 aromatic carbocycles. The lowest BCUT2D eigenvalue weighted by Crippen LogP contribution is -2.38. The fourth-order valence-electron chi connectivity index (χ4n) is 1.95. The molecule has 0 aliphatic heterocycles. The largest absolute Gasteiger partial charge is 0.573 e. The number of rotatable bonds is 4. The summed E-state index contributed by atoms with van der Waals surface area (Å²) in [4.78, 5) is 4.05. The molecule has 1 fully saturated rings. The van der Waals surface area contributed by atoms with Crippen molar-refractivity contribution < 1.29 is 17.9 Å². The third-order valence-electron chi connectivity index (χ3n) is 3.30. The standard InChI is InChI=1S/C14H18F3N3O.HI/c1-9-7-11(9)20-13(18-2)19-8-10-5-3-4-6-12(10)21-14(15,16)17;/h3-6,9,11H,7-8H2,1-2H3,(H2,18,19,20);1H. The van der Waals surface area contributed by atoms with Crippen LogP contribution in [0.5, 0.6) is 5.75 Å². The van der Waals surface area contributed by atoms with Crippen LogP contribution in [0.15, 0.2) is 29.3 Å². The van der Waals surface area contributed by atoms with Crippen molar-refractivity contribution in [1.29, 1.82) is 0 Å². The molecule has 0 bridgehead atoms. The smallest absolute Gasteiger partial charge is 0.405 e. The molecule has 0 radical (unpaired) electrons. The van der Waals surface area contributed by atoms with E-state index in [4.69, 9.17) is 0 Å². The Kier molecular flexibility index (Phi) is 6.76. The van der Waals surface area contributed by atoms with Gasteiger partial charge in [-0.05, 0) is 18.4 Å². The Morgan fingerprint density at radius 3 is 2.55 bits per heavy atom. The van der Waals surface area contributed by atoms with E-state index in [1.54, 1.807) is 19.2 Å².